The van der Waals surface area contributed by atoms with Crippen molar-refractivity contribution in [1.82, 2.24) is 15.1 Å². The van der Waals surface area contributed by atoms with E-state index in [4.69, 9.17) is 4.74 Å². The zero-order valence-electron chi connectivity index (χ0n) is 17.3. The molecule has 1 aromatic rings. The molecule has 1 aromatic carbocycles. The SMILES string of the molecule is CCCCN1C(=O)CCC(C(=O)N2CCNC(C)C2)C1c1ccccc1OC. The van der Waals surface area contributed by atoms with Crippen molar-refractivity contribution in [1.29, 1.82) is 0 Å². The number of carbonyl (C=O) groups excluding carboxylic acids is 2. The van der Waals surface area contributed by atoms with Crippen LogP contribution >= 0.6 is 0 Å². The van der Waals surface area contributed by atoms with Gasteiger partial charge in [-0.2, -0.15) is 0 Å². The normalized spacial score (nSPS) is 25.7. The quantitative estimate of drug-likeness (QED) is 0.815. The molecule has 0 saturated carbocycles. The molecule has 3 rings (SSSR count). The Bertz CT molecular complexity index is 693. The Morgan fingerprint density at radius 1 is 1.32 bits per heavy atom. The first-order chi connectivity index (χ1) is 13.6. The van der Waals surface area contributed by atoms with E-state index in [-0.39, 0.29) is 23.8 Å². The smallest absolute Gasteiger partial charge is 0.228 e. The Labute approximate surface area is 168 Å². The second-order valence-corrected chi connectivity index (χ2v) is 7.91. The maximum Gasteiger partial charge on any atom is 0.228 e. The van der Waals surface area contributed by atoms with Gasteiger partial charge in [-0.05, 0) is 25.8 Å². The van der Waals surface area contributed by atoms with Gasteiger partial charge in [0.1, 0.15) is 5.75 Å². The van der Waals surface area contributed by atoms with Crippen LogP contribution in [-0.4, -0.2) is 60.9 Å². The molecule has 0 aliphatic carbocycles. The molecule has 0 bridgehead atoms. The van der Waals surface area contributed by atoms with Gasteiger partial charge in [-0.3, -0.25) is 9.59 Å². The fraction of sp³-hybridized carbons (Fsp3) is 0.636. The number of unbranched alkanes of at least 4 members (excludes halogenated alkanes) is 1. The highest BCUT2D eigenvalue weighted by Gasteiger charge is 2.43. The van der Waals surface area contributed by atoms with Gasteiger partial charge in [0.25, 0.3) is 0 Å². The van der Waals surface area contributed by atoms with Crippen LogP contribution < -0.4 is 10.1 Å². The Balaban J connectivity index is 1.96. The highest BCUT2D eigenvalue weighted by molar-refractivity contribution is 5.85. The van der Waals surface area contributed by atoms with Crippen molar-refractivity contribution in [2.24, 2.45) is 5.92 Å². The molecule has 28 heavy (non-hydrogen) atoms. The molecule has 1 N–H and O–H groups in total. The van der Waals surface area contributed by atoms with Crippen LogP contribution in [0.15, 0.2) is 24.3 Å². The standard InChI is InChI=1S/C22H33N3O3/c1-4-5-13-25-20(26)11-10-18(22(27)24-14-12-23-16(2)15-24)21(25)17-8-6-7-9-19(17)28-3/h6-9,16,18,21,23H,4-5,10-15H2,1-3H3. The number of piperidine rings is 1. The van der Waals surface area contributed by atoms with Gasteiger partial charge in [-0.25, -0.2) is 0 Å². The van der Waals surface area contributed by atoms with Crippen LogP contribution in [-0.2, 0) is 9.59 Å². The van der Waals surface area contributed by atoms with Crippen LogP contribution in [0.4, 0.5) is 0 Å². The third kappa shape index (κ3) is 4.32. The summed E-state index contributed by atoms with van der Waals surface area (Å²) in [5.74, 6) is 0.826. The summed E-state index contributed by atoms with van der Waals surface area (Å²) in [5, 5.41) is 3.40. The number of rotatable bonds is 6. The predicted octanol–water partition coefficient (Wildman–Crippen LogP) is 2.60. The van der Waals surface area contributed by atoms with Crippen LogP contribution in [0.3, 0.4) is 0 Å². The Morgan fingerprint density at radius 2 is 2.11 bits per heavy atom. The van der Waals surface area contributed by atoms with Gasteiger partial charge in [-0.1, -0.05) is 31.5 Å². The van der Waals surface area contributed by atoms with Gasteiger partial charge in [0.2, 0.25) is 11.8 Å². The van der Waals surface area contributed by atoms with E-state index in [0.717, 1.165) is 43.8 Å². The predicted molar refractivity (Wildman–Crippen MR) is 109 cm³/mol. The molecule has 0 aromatic heterocycles. The number of amides is 2. The molecule has 2 amide bonds. The van der Waals surface area contributed by atoms with Crippen molar-refractivity contribution >= 4 is 11.8 Å². The lowest BCUT2D eigenvalue weighted by atomic mass is 9.82. The molecule has 2 heterocycles. The molecule has 2 saturated heterocycles. The van der Waals surface area contributed by atoms with Crippen molar-refractivity contribution in [3.63, 3.8) is 0 Å². The van der Waals surface area contributed by atoms with Crippen molar-refractivity contribution < 1.29 is 14.3 Å². The van der Waals surface area contributed by atoms with E-state index >= 15 is 0 Å². The second kappa shape index (κ2) is 9.41. The molecular formula is C22H33N3O3. The molecule has 6 nitrogen and oxygen atoms in total. The Hall–Kier alpha value is -2.08. The summed E-state index contributed by atoms with van der Waals surface area (Å²) in [6.07, 6.45) is 2.98. The van der Waals surface area contributed by atoms with E-state index < -0.39 is 0 Å². The molecule has 0 radical (unpaired) electrons. The number of ether oxygens (including phenoxy) is 1. The van der Waals surface area contributed by atoms with Gasteiger partial charge in [0, 0.05) is 44.2 Å². The average Bonchev–Trinajstić information content (AvgIpc) is 2.72. The van der Waals surface area contributed by atoms with Crippen LogP contribution in [0.1, 0.15) is 51.1 Å². The lowest BCUT2D eigenvalue weighted by Crippen LogP contribution is -2.55. The lowest BCUT2D eigenvalue weighted by molar-refractivity contribution is -0.148. The summed E-state index contributed by atoms with van der Waals surface area (Å²) in [4.78, 5) is 30.3. The summed E-state index contributed by atoms with van der Waals surface area (Å²) < 4.78 is 5.60. The Kier molecular flexibility index (Phi) is 6.94. The summed E-state index contributed by atoms with van der Waals surface area (Å²) >= 11 is 0. The minimum Gasteiger partial charge on any atom is -0.496 e. The fourth-order valence-electron chi connectivity index (χ4n) is 4.47. The highest BCUT2D eigenvalue weighted by atomic mass is 16.5. The van der Waals surface area contributed by atoms with Crippen molar-refractivity contribution in [3.8, 4) is 5.75 Å². The maximum absolute atomic E-state index is 13.5. The second-order valence-electron chi connectivity index (χ2n) is 7.91. The fourth-order valence-corrected chi connectivity index (χ4v) is 4.47. The molecule has 3 unspecified atom stereocenters. The zero-order valence-corrected chi connectivity index (χ0v) is 17.3. The van der Waals surface area contributed by atoms with Gasteiger partial charge in [0.05, 0.1) is 19.1 Å². The first kappa shape index (κ1) is 20.6. The number of methoxy groups -OCH3 is 1. The topological polar surface area (TPSA) is 61.9 Å². The minimum absolute atomic E-state index is 0.141. The molecule has 3 atom stereocenters. The van der Waals surface area contributed by atoms with Gasteiger partial charge in [0.15, 0.2) is 0 Å². The third-order valence-corrected chi connectivity index (χ3v) is 5.91. The molecule has 0 spiro atoms. The van der Waals surface area contributed by atoms with E-state index in [1.165, 1.54) is 0 Å². The highest BCUT2D eigenvalue weighted by Crippen LogP contribution is 2.41. The molecule has 2 aliphatic heterocycles. The Morgan fingerprint density at radius 3 is 2.82 bits per heavy atom. The number of carbonyl (C=O) groups is 2. The largest absolute Gasteiger partial charge is 0.496 e. The van der Waals surface area contributed by atoms with Crippen molar-refractivity contribution in [2.75, 3.05) is 33.3 Å². The third-order valence-electron chi connectivity index (χ3n) is 5.91. The molecule has 2 aliphatic rings. The molecule has 154 valence electrons. The number of nitrogens with one attached hydrogen (secondary N) is 1. The van der Waals surface area contributed by atoms with E-state index in [0.29, 0.717) is 25.4 Å². The van der Waals surface area contributed by atoms with Crippen LogP contribution in [0, 0.1) is 5.92 Å². The van der Waals surface area contributed by atoms with E-state index in [1.807, 2.05) is 34.1 Å². The van der Waals surface area contributed by atoms with Crippen LogP contribution in [0.25, 0.3) is 0 Å². The number of nitrogens with zero attached hydrogens (tertiary/aromatic N) is 2. The first-order valence-corrected chi connectivity index (χ1v) is 10.5. The van der Waals surface area contributed by atoms with E-state index in [2.05, 4.69) is 19.2 Å². The van der Waals surface area contributed by atoms with E-state index in [9.17, 15) is 9.59 Å². The maximum atomic E-state index is 13.5. The number of piperazine rings is 1. The van der Waals surface area contributed by atoms with Gasteiger partial charge >= 0.3 is 0 Å². The number of para-hydroxylation sites is 1. The van der Waals surface area contributed by atoms with Gasteiger partial charge < -0.3 is 19.9 Å². The summed E-state index contributed by atoms with van der Waals surface area (Å²) in [5.41, 5.74) is 0.940. The average molecular weight is 388 g/mol. The lowest BCUT2D eigenvalue weighted by Gasteiger charge is -2.44. The number of hydrogen-bond acceptors (Lipinski definition) is 4. The molecular weight excluding hydrogens is 354 g/mol. The molecule has 2 fully saturated rings. The van der Waals surface area contributed by atoms with Crippen molar-refractivity contribution in [2.45, 2.75) is 51.6 Å². The summed E-state index contributed by atoms with van der Waals surface area (Å²) in [6.45, 7) is 7.17. The number of likely N-dealkylation sites (tertiary alicyclic amines) is 1. The van der Waals surface area contributed by atoms with E-state index in [1.54, 1.807) is 7.11 Å². The summed E-state index contributed by atoms with van der Waals surface area (Å²) in [7, 11) is 1.65. The number of benzene rings is 1. The van der Waals surface area contributed by atoms with Crippen LogP contribution in [0.2, 0.25) is 0 Å². The minimum atomic E-state index is -0.262. The number of hydrogen-bond donors (Lipinski definition) is 1. The molecule has 6 heteroatoms. The monoisotopic (exact) mass is 387 g/mol. The summed E-state index contributed by atoms with van der Waals surface area (Å²) in [6, 6.07) is 7.84. The first-order valence-electron chi connectivity index (χ1n) is 10.5. The van der Waals surface area contributed by atoms with Crippen LogP contribution in [0.5, 0.6) is 5.75 Å². The zero-order chi connectivity index (χ0) is 20.1. The van der Waals surface area contributed by atoms with Crippen molar-refractivity contribution in [3.05, 3.63) is 29.8 Å². The van der Waals surface area contributed by atoms with Gasteiger partial charge in [-0.15, -0.1) is 0 Å².